The summed E-state index contributed by atoms with van der Waals surface area (Å²) in [6.45, 7) is 1.07. The maximum atomic E-state index is 11.7. The molecule has 14 heavy (non-hydrogen) atoms. The number of carbonyl (C=O) groups is 1. The lowest BCUT2D eigenvalue weighted by Crippen LogP contribution is -2.42. The van der Waals surface area contributed by atoms with Crippen molar-refractivity contribution in [2.24, 2.45) is 0 Å². The van der Waals surface area contributed by atoms with Crippen molar-refractivity contribution in [3.05, 3.63) is 18.0 Å². The molecule has 1 saturated heterocycles. The largest absolute Gasteiger partial charge is 0.391 e. The molecule has 1 unspecified atom stereocenters. The van der Waals surface area contributed by atoms with Crippen LogP contribution in [-0.2, 0) is 0 Å². The molecule has 1 aromatic rings. The highest BCUT2D eigenvalue weighted by Crippen LogP contribution is 2.13. The molecule has 1 amide bonds. The summed E-state index contributed by atoms with van der Waals surface area (Å²) in [6.07, 6.45) is 2.63. The van der Waals surface area contributed by atoms with E-state index in [0.717, 1.165) is 12.8 Å². The zero-order chi connectivity index (χ0) is 9.97. The van der Waals surface area contributed by atoms with E-state index in [1.54, 1.807) is 4.90 Å². The van der Waals surface area contributed by atoms with Gasteiger partial charge in [0.1, 0.15) is 0 Å². The molecule has 76 valence electrons. The van der Waals surface area contributed by atoms with Gasteiger partial charge in [0.2, 0.25) is 5.76 Å². The highest BCUT2D eigenvalue weighted by molar-refractivity contribution is 5.91. The number of piperidine rings is 1. The molecule has 1 aliphatic heterocycles. The van der Waals surface area contributed by atoms with Crippen LogP contribution in [0.25, 0.3) is 0 Å². The van der Waals surface area contributed by atoms with Gasteiger partial charge in [-0.25, -0.2) is 0 Å². The molecule has 0 aromatic carbocycles. The Morgan fingerprint density at radius 3 is 3.21 bits per heavy atom. The van der Waals surface area contributed by atoms with Gasteiger partial charge in [-0.3, -0.25) is 4.79 Å². The fourth-order valence-electron chi connectivity index (χ4n) is 1.62. The minimum Gasteiger partial charge on any atom is -0.391 e. The number of β-amino-alcohol motifs (C(OH)–C–C–N with tert-alkyl or cyclic N) is 1. The lowest BCUT2D eigenvalue weighted by atomic mass is 10.1. The van der Waals surface area contributed by atoms with E-state index in [1.807, 2.05) is 0 Å². The van der Waals surface area contributed by atoms with Crippen molar-refractivity contribution >= 4 is 5.91 Å². The van der Waals surface area contributed by atoms with Crippen molar-refractivity contribution < 1.29 is 14.4 Å². The van der Waals surface area contributed by atoms with Gasteiger partial charge < -0.3 is 14.5 Å². The number of likely N-dealkylation sites (tertiary alicyclic amines) is 1. The molecule has 0 aliphatic carbocycles. The van der Waals surface area contributed by atoms with Crippen LogP contribution >= 0.6 is 0 Å². The summed E-state index contributed by atoms with van der Waals surface area (Å²) in [5.74, 6) is 0.0420. The Morgan fingerprint density at radius 2 is 2.57 bits per heavy atom. The Hall–Kier alpha value is -1.36. The van der Waals surface area contributed by atoms with E-state index in [0.29, 0.717) is 13.1 Å². The van der Waals surface area contributed by atoms with Gasteiger partial charge in [0.05, 0.1) is 12.3 Å². The first kappa shape index (κ1) is 9.21. The van der Waals surface area contributed by atoms with E-state index in [4.69, 9.17) is 4.52 Å². The number of hydrogen-bond acceptors (Lipinski definition) is 4. The van der Waals surface area contributed by atoms with Gasteiger partial charge in [-0.2, -0.15) is 0 Å². The lowest BCUT2D eigenvalue weighted by Gasteiger charge is -2.29. The average molecular weight is 196 g/mol. The minimum absolute atomic E-state index is 0.193. The first-order chi connectivity index (χ1) is 6.77. The summed E-state index contributed by atoms with van der Waals surface area (Å²) in [6, 6.07) is 1.53. The number of aliphatic hydroxyl groups is 1. The Bertz CT molecular complexity index is 310. The fraction of sp³-hybridized carbons (Fsp3) is 0.556. The second-order valence-electron chi connectivity index (χ2n) is 3.42. The molecule has 0 radical (unpaired) electrons. The third-order valence-electron chi connectivity index (χ3n) is 2.33. The van der Waals surface area contributed by atoms with Crippen LogP contribution in [0.15, 0.2) is 16.8 Å². The number of hydrogen-bond donors (Lipinski definition) is 1. The summed E-state index contributed by atoms with van der Waals surface area (Å²) >= 11 is 0. The highest BCUT2D eigenvalue weighted by Gasteiger charge is 2.24. The SMILES string of the molecule is O=C(c1ccno1)N1CCCC(O)C1. The lowest BCUT2D eigenvalue weighted by molar-refractivity contribution is 0.0441. The van der Waals surface area contributed by atoms with Gasteiger partial charge in [0.15, 0.2) is 0 Å². The summed E-state index contributed by atoms with van der Waals surface area (Å²) in [4.78, 5) is 13.3. The second kappa shape index (κ2) is 3.79. The zero-order valence-electron chi connectivity index (χ0n) is 7.72. The van der Waals surface area contributed by atoms with Gasteiger partial charge in [0.25, 0.3) is 5.91 Å². The van der Waals surface area contributed by atoms with E-state index in [1.165, 1.54) is 12.3 Å². The van der Waals surface area contributed by atoms with Crippen molar-refractivity contribution in [1.82, 2.24) is 10.1 Å². The third kappa shape index (κ3) is 1.77. The maximum Gasteiger partial charge on any atom is 0.292 e. The number of rotatable bonds is 1. The van der Waals surface area contributed by atoms with E-state index in [2.05, 4.69) is 5.16 Å². The van der Waals surface area contributed by atoms with Crippen molar-refractivity contribution in [3.63, 3.8) is 0 Å². The van der Waals surface area contributed by atoms with Crippen molar-refractivity contribution in [1.29, 1.82) is 0 Å². The van der Waals surface area contributed by atoms with Gasteiger partial charge >= 0.3 is 0 Å². The van der Waals surface area contributed by atoms with Gasteiger partial charge in [-0.1, -0.05) is 5.16 Å². The number of amides is 1. The molecule has 0 saturated carbocycles. The van der Waals surface area contributed by atoms with E-state index >= 15 is 0 Å². The Balaban J connectivity index is 2.04. The highest BCUT2D eigenvalue weighted by atomic mass is 16.5. The predicted molar refractivity (Wildman–Crippen MR) is 47.6 cm³/mol. The Morgan fingerprint density at radius 1 is 1.71 bits per heavy atom. The monoisotopic (exact) mass is 196 g/mol. The smallest absolute Gasteiger partial charge is 0.292 e. The molecule has 2 rings (SSSR count). The summed E-state index contributed by atoms with van der Waals surface area (Å²) in [5.41, 5.74) is 0. The molecule has 5 heteroatoms. The molecule has 1 fully saturated rings. The van der Waals surface area contributed by atoms with Crippen LogP contribution in [0.1, 0.15) is 23.4 Å². The molecule has 1 aromatic heterocycles. The summed E-state index contributed by atoms with van der Waals surface area (Å²) in [7, 11) is 0. The minimum atomic E-state index is -0.407. The Kier molecular flexibility index (Phi) is 2.49. The van der Waals surface area contributed by atoms with Gasteiger partial charge in [0, 0.05) is 19.2 Å². The molecule has 2 heterocycles. The van der Waals surface area contributed by atoms with Crippen LogP contribution in [0.4, 0.5) is 0 Å². The van der Waals surface area contributed by atoms with Crippen molar-refractivity contribution in [2.75, 3.05) is 13.1 Å². The fourth-order valence-corrected chi connectivity index (χ4v) is 1.62. The third-order valence-corrected chi connectivity index (χ3v) is 2.33. The van der Waals surface area contributed by atoms with Gasteiger partial charge in [-0.15, -0.1) is 0 Å². The van der Waals surface area contributed by atoms with Crippen molar-refractivity contribution in [3.8, 4) is 0 Å². The number of nitrogens with zero attached hydrogens (tertiary/aromatic N) is 2. The zero-order valence-corrected chi connectivity index (χ0v) is 7.72. The number of aliphatic hydroxyl groups excluding tert-OH is 1. The maximum absolute atomic E-state index is 11.7. The molecule has 0 bridgehead atoms. The molecule has 1 aliphatic rings. The standard InChI is InChI=1S/C9H12N2O3/c12-7-2-1-5-11(6-7)9(13)8-3-4-10-14-8/h3-4,7,12H,1-2,5-6H2. The van der Waals surface area contributed by atoms with Crippen LogP contribution in [0.3, 0.4) is 0 Å². The van der Waals surface area contributed by atoms with Crippen LogP contribution in [-0.4, -0.2) is 40.3 Å². The molecule has 1 N–H and O–H groups in total. The Labute approximate surface area is 81.3 Å². The molecular weight excluding hydrogens is 184 g/mol. The first-order valence-electron chi connectivity index (χ1n) is 4.65. The summed E-state index contributed by atoms with van der Waals surface area (Å²) < 4.78 is 4.76. The molecule has 1 atom stereocenters. The number of aromatic nitrogens is 1. The quantitative estimate of drug-likeness (QED) is 0.700. The van der Waals surface area contributed by atoms with Crippen LogP contribution < -0.4 is 0 Å². The molecule has 0 spiro atoms. The average Bonchev–Trinajstić information content (AvgIpc) is 2.69. The molecule has 5 nitrogen and oxygen atoms in total. The van der Waals surface area contributed by atoms with Crippen molar-refractivity contribution in [2.45, 2.75) is 18.9 Å². The normalized spacial score (nSPS) is 22.4. The van der Waals surface area contributed by atoms with Gasteiger partial charge in [-0.05, 0) is 12.8 Å². The van der Waals surface area contributed by atoms with Crippen LogP contribution in [0, 0.1) is 0 Å². The number of carbonyl (C=O) groups excluding carboxylic acids is 1. The topological polar surface area (TPSA) is 66.6 Å². The molecular formula is C9H12N2O3. The first-order valence-corrected chi connectivity index (χ1v) is 4.65. The summed E-state index contributed by atoms with van der Waals surface area (Å²) in [5, 5.41) is 12.9. The van der Waals surface area contributed by atoms with E-state index < -0.39 is 6.10 Å². The van der Waals surface area contributed by atoms with E-state index in [9.17, 15) is 9.90 Å². The second-order valence-corrected chi connectivity index (χ2v) is 3.42. The van der Waals surface area contributed by atoms with E-state index in [-0.39, 0.29) is 11.7 Å². The van der Waals surface area contributed by atoms with Crippen LogP contribution in [0.2, 0.25) is 0 Å². The van der Waals surface area contributed by atoms with Crippen LogP contribution in [0.5, 0.6) is 0 Å². The predicted octanol–water partition coefficient (Wildman–Crippen LogP) is 0.271.